The van der Waals surface area contributed by atoms with Crippen molar-refractivity contribution in [1.82, 2.24) is 14.5 Å². The number of halogens is 1. The summed E-state index contributed by atoms with van der Waals surface area (Å²) < 4.78 is 61.8. The third-order valence-electron chi connectivity index (χ3n) is 6.25. The molecule has 0 atom stereocenters. The number of nitrogens with one attached hydrogen (secondary N) is 3. The van der Waals surface area contributed by atoms with Crippen molar-refractivity contribution in [3.63, 3.8) is 0 Å². The van der Waals surface area contributed by atoms with Crippen molar-refractivity contribution >= 4 is 59.7 Å². The van der Waals surface area contributed by atoms with Gasteiger partial charge in [0.2, 0.25) is 26.0 Å². The van der Waals surface area contributed by atoms with E-state index in [-0.39, 0.29) is 34.5 Å². The number of hydrazone groups is 1. The van der Waals surface area contributed by atoms with Crippen LogP contribution in [0.5, 0.6) is 0 Å². The number of benzene rings is 3. The number of anilines is 1. The van der Waals surface area contributed by atoms with Crippen molar-refractivity contribution in [3.8, 4) is 0 Å². The number of carbonyl (C=O) groups excluding carboxylic acids is 2. The molecule has 15 heteroatoms. The number of sulfonamides is 2. The third kappa shape index (κ3) is 9.92. The Morgan fingerprint density at radius 1 is 0.889 bits per heavy atom. The van der Waals surface area contributed by atoms with E-state index in [0.717, 1.165) is 14.3 Å². The van der Waals surface area contributed by atoms with Gasteiger partial charge in [0.15, 0.2) is 0 Å². The molecule has 1 aromatic heterocycles. The summed E-state index contributed by atoms with van der Waals surface area (Å²) in [4.78, 5) is 24.2. The fourth-order valence-corrected chi connectivity index (χ4v) is 6.69. The summed E-state index contributed by atoms with van der Waals surface area (Å²) in [6, 6.07) is 24.2. The average molecular weight is 717 g/mol. The lowest BCUT2D eigenvalue weighted by Gasteiger charge is -2.21. The number of nitrogens with zero attached hydrogens (tertiary/aromatic N) is 2. The maximum atomic E-state index is 13.5. The van der Waals surface area contributed by atoms with Gasteiger partial charge in [-0.3, -0.25) is 9.59 Å². The van der Waals surface area contributed by atoms with Crippen LogP contribution in [-0.4, -0.2) is 52.3 Å². The number of furan rings is 1. The standard InChI is InChI=1S/C30H30BrN5O7S2/c1-22(37)34-25-9-15-29(16-10-25)45(41,42)36(18-17-23-5-3-2-4-6-23)21-30(38)35-32-19-26-11-12-27(43-26)20-33-44(39,40)28-13-7-24(31)8-14-28/h2-16,19,33H,17-18,20-21H2,1H3,(H,34,37)(H,35,38)/b32-19-. The first-order chi connectivity index (χ1) is 21.4. The van der Waals surface area contributed by atoms with Crippen LogP contribution < -0.4 is 15.5 Å². The van der Waals surface area contributed by atoms with Gasteiger partial charge in [-0.1, -0.05) is 46.3 Å². The topological polar surface area (TPSA) is 167 Å². The van der Waals surface area contributed by atoms with Gasteiger partial charge in [-0.2, -0.15) is 9.41 Å². The summed E-state index contributed by atoms with van der Waals surface area (Å²) in [5, 5.41) is 6.45. The van der Waals surface area contributed by atoms with Crippen molar-refractivity contribution in [2.75, 3.05) is 18.4 Å². The molecule has 0 bridgehead atoms. The summed E-state index contributed by atoms with van der Waals surface area (Å²) in [5.41, 5.74) is 3.64. The molecule has 0 saturated heterocycles. The van der Waals surface area contributed by atoms with E-state index in [1.807, 2.05) is 30.3 Å². The van der Waals surface area contributed by atoms with Crippen LogP contribution in [0.15, 0.2) is 115 Å². The first-order valence-corrected chi connectivity index (χ1v) is 17.2. The molecule has 12 nitrogen and oxygen atoms in total. The zero-order chi connectivity index (χ0) is 32.5. The largest absolute Gasteiger partial charge is 0.459 e. The SMILES string of the molecule is CC(=O)Nc1ccc(S(=O)(=O)N(CCc2ccccc2)CC(=O)N/N=C\c2ccc(CNS(=O)(=O)c3ccc(Br)cc3)o2)cc1. The first-order valence-electron chi connectivity index (χ1n) is 13.5. The molecule has 0 spiro atoms. The molecule has 4 rings (SSSR count). The summed E-state index contributed by atoms with van der Waals surface area (Å²) in [6.07, 6.45) is 1.58. The average Bonchev–Trinajstić information content (AvgIpc) is 3.46. The zero-order valence-corrected chi connectivity index (χ0v) is 27.2. The second-order valence-electron chi connectivity index (χ2n) is 9.66. The van der Waals surface area contributed by atoms with Gasteiger partial charge in [0, 0.05) is 23.6 Å². The fourth-order valence-electron chi connectivity index (χ4n) is 4.03. The van der Waals surface area contributed by atoms with Crippen LogP contribution in [0.2, 0.25) is 0 Å². The molecular formula is C30H30BrN5O7S2. The molecular weight excluding hydrogens is 686 g/mol. The van der Waals surface area contributed by atoms with E-state index < -0.39 is 32.5 Å². The van der Waals surface area contributed by atoms with E-state index in [2.05, 4.69) is 36.5 Å². The number of amides is 2. The molecule has 3 aromatic carbocycles. The summed E-state index contributed by atoms with van der Waals surface area (Å²) in [6.45, 7) is 0.743. The Labute approximate surface area is 269 Å². The van der Waals surface area contributed by atoms with Crippen LogP contribution in [0.3, 0.4) is 0 Å². The molecule has 1 heterocycles. The molecule has 0 unspecified atom stereocenters. The summed E-state index contributed by atoms with van der Waals surface area (Å²) in [7, 11) is -7.85. The zero-order valence-electron chi connectivity index (χ0n) is 24.0. The minimum Gasteiger partial charge on any atom is -0.459 e. The van der Waals surface area contributed by atoms with Gasteiger partial charge in [-0.25, -0.2) is 27.0 Å². The molecule has 0 aliphatic heterocycles. The van der Waals surface area contributed by atoms with E-state index in [9.17, 15) is 26.4 Å². The quantitative estimate of drug-likeness (QED) is 0.132. The van der Waals surface area contributed by atoms with Gasteiger partial charge in [0.05, 0.1) is 29.1 Å². The highest BCUT2D eigenvalue weighted by molar-refractivity contribution is 9.10. The molecule has 0 fully saturated rings. The van der Waals surface area contributed by atoms with E-state index in [1.165, 1.54) is 49.5 Å². The lowest BCUT2D eigenvalue weighted by atomic mass is 10.1. The number of carbonyl (C=O) groups is 2. The van der Waals surface area contributed by atoms with Crippen molar-refractivity contribution in [2.24, 2.45) is 5.10 Å². The van der Waals surface area contributed by atoms with Crippen molar-refractivity contribution in [2.45, 2.75) is 29.7 Å². The van der Waals surface area contributed by atoms with E-state index in [1.54, 1.807) is 24.3 Å². The molecule has 3 N–H and O–H groups in total. The Balaban J connectivity index is 1.38. The Bertz CT molecular complexity index is 1860. The highest BCUT2D eigenvalue weighted by Gasteiger charge is 2.26. The monoisotopic (exact) mass is 715 g/mol. The molecule has 4 aromatic rings. The van der Waals surface area contributed by atoms with Gasteiger partial charge >= 0.3 is 0 Å². The minimum atomic E-state index is -4.10. The van der Waals surface area contributed by atoms with Crippen molar-refractivity contribution in [1.29, 1.82) is 0 Å². The van der Waals surface area contributed by atoms with Gasteiger partial charge < -0.3 is 9.73 Å². The van der Waals surface area contributed by atoms with Gasteiger partial charge in [-0.05, 0) is 72.6 Å². The summed E-state index contributed by atoms with van der Waals surface area (Å²) in [5.74, 6) is -0.432. The number of hydrogen-bond donors (Lipinski definition) is 3. The van der Waals surface area contributed by atoms with Crippen LogP contribution >= 0.6 is 15.9 Å². The maximum Gasteiger partial charge on any atom is 0.255 e. The first kappa shape index (κ1) is 33.7. The van der Waals surface area contributed by atoms with E-state index >= 15 is 0 Å². The smallest absolute Gasteiger partial charge is 0.255 e. The second kappa shape index (κ2) is 15.2. The van der Waals surface area contributed by atoms with Crippen LogP contribution in [0.4, 0.5) is 5.69 Å². The maximum absolute atomic E-state index is 13.5. The molecule has 2 amide bonds. The van der Waals surface area contributed by atoms with Crippen LogP contribution in [-0.2, 0) is 42.6 Å². The number of hydrogen-bond acceptors (Lipinski definition) is 8. The highest BCUT2D eigenvalue weighted by atomic mass is 79.9. The Kier molecular flexibility index (Phi) is 11.4. The predicted octanol–water partition coefficient (Wildman–Crippen LogP) is 3.86. The van der Waals surface area contributed by atoms with E-state index in [0.29, 0.717) is 17.9 Å². The second-order valence-corrected chi connectivity index (χ2v) is 14.3. The van der Waals surface area contributed by atoms with Crippen LogP contribution in [0.1, 0.15) is 24.0 Å². The minimum absolute atomic E-state index is 0.0225. The van der Waals surface area contributed by atoms with E-state index in [4.69, 9.17) is 4.42 Å². The van der Waals surface area contributed by atoms with Gasteiger partial charge in [0.1, 0.15) is 11.5 Å². The van der Waals surface area contributed by atoms with Crippen molar-refractivity contribution in [3.05, 3.63) is 113 Å². The van der Waals surface area contributed by atoms with Gasteiger partial charge in [0.25, 0.3) is 5.91 Å². The molecule has 236 valence electrons. The Hall–Kier alpha value is -4.15. The lowest BCUT2D eigenvalue weighted by molar-refractivity contribution is -0.121. The number of rotatable bonds is 14. The van der Waals surface area contributed by atoms with Crippen LogP contribution in [0, 0.1) is 0 Å². The molecule has 0 aliphatic carbocycles. The molecule has 0 radical (unpaired) electrons. The highest BCUT2D eigenvalue weighted by Crippen LogP contribution is 2.20. The molecule has 0 aliphatic rings. The normalized spacial score (nSPS) is 12.0. The van der Waals surface area contributed by atoms with Gasteiger partial charge in [-0.15, -0.1) is 0 Å². The fraction of sp³-hybridized carbons (Fsp3) is 0.167. The Morgan fingerprint density at radius 2 is 1.56 bits per heavy atom. The molecule has 0 saturated carbocycles. The van der Waals surface area contributed by atoms with Crippen molar-refractivity contribution < 1.29 is 30.8 Å². The van der Waals surface area contributed by atoms with Crippen LogP contribution in [0.25, 0.3) is 0 Å². The Morgan fingerprint density at radius 3 is 2.22 bits per heavy atom. The molecule has 45 heavy (non-hydrogen) atoms. The third-order valence-corrected chi connectivity index (χ3v) is 10.1. The summed E-state index contributed by atoms with van der Waals surface area (Å²) >= 11 is 3.27. The predicted molar refractivity (Wildman–Crippen MR) is 172 cm³/mol. The lowest BCUT2D eigenvalue weighted by Crippen LogP contribution is -2.40.